The molecule has 1 aromatic rings. The molecule has 2 amide bonds. The van der Waals surface area contributed by atoms with Crippen molar-refractivity contribution in [2.24, 2.45) is 11.8 Å². The zero-order valence-corrected chi connectivity index (χ0v) is 15.2. The van der Waals surface area contributed by atoms with Crippen LogP contribution < -0.4 is 10.1 Å². The lowest BCUT2D eigenvalue weighted by Gasteiger charge is -2.30. The molecule has 0 bridgehead atoms. The van der Waals surface area contributed by atoms with Gasteiger partial charge in [-0.15, -0.1) is 0 Å². The molecule has 3 rings (SSSR count). The second-order valence-corrected chi connectivity index (χ2v) is 7.36. The summed E-state index contributed by atoms with van der Waals surface area (Å²) in [6.07, 6.45) is 4.00. The maximum Gasteiger partial charge on any atom is 0.223 e. The Balaban J connectivity index is 1.52. The van der Waals surface area contributed by atoms with Crippen molar-refractivity contribution in [2.75, 3.05) is 19.7 Å². The Labute approximate surface area is 149 Å². The Kier molecular flexibility index (Phi) is 5.61. The van der Waals surface area contributed by atoms with Crippen LogP contribution in [0.5, 0.6) is 5.75 Å². The molecular formula is C20H28N2O3. The summed E-state index contributed by atoms with van der Waals surface area (Å²) >= 11 is 0. The van der Waals surface area contributed by atoms with Crippen molar-refractivity contribution in [1.29, 1.82) is 0 Å². The number of nitrogens with one attached hydrogen (secondary N) is 1. The SMILES string of the molecule is CC(=O)N1CCC(C(=O)NCc2ccc(C)cc2OCC2CC2)CC1. The highest BCUT2D eigenvalue weighted by molar-refractivity contribution is 5.79. The molecule has 0 unspecified atom stereocenters. The van der Waals surface area contributed by atoms with Crippen LogP contribution in [0.3, 0.4) is 0 Å². The fraction of sp³-hybridized carbons (Fsp3) is 0.600. The van der Waals surface area contributed by atoms with Crippen molar-refractivity contribution < 1.29 is 14.3 Å². The average molecular weight is 344 g/mol. The summed E-state index contributed by atoms with van der Waals surface area (Å²) in [4.78, 5) is 25.6. The number of aryl methyl sites for hydroxylation is 1. The van der Waals surface area contributed by atoms with Crippen LogP contribution in [0.2, 0.25) is 0 Å². The van der Waals surface area contributed by atoms with Gasteiger partial charge in [-0.25, -0.2) is 0 Å². The molecule has 0 atom stereocenters. The second kappa shape index (κ2) is 7.89. The van der Waals surface area contributed by atoms with E-state index in [1.165, 1.54) is 12.8 Å². The number of hydrogen-bond acceptors (Lipinski definition) is 3. The third kappa shape index (κ3) is 4.97. The molecule has 2 fully saturated rings. The lowest BCUT2D eigenvalue weighted by Crippen LogP contribution is -2.42. The molecule has 0 aromatic heterocycles. The number of carbonyl (C=O) groups excluding carboxylic acids is 2. The van der Waals surface area contributed by atoms with E-state index in [4.69, 9.17) is 4.74 Å². The molecule has 1 saturated heterocycles. The minimum Gasteiger partial charge on any atom is -0.493 e. The highest BCUT2D eigenvalue weighted by Crippen LogP contribution is 2.30. The first-order chi connectivity index (χ1) is 12.0. The summed E-state index contributed by atoms with van der Waals surface area (Å²) in [6.45, 7) is 6.25. The van der Waals surface area contributed by atoms with Crippen LogP contribution >= 0.6 is 0 Å². The van der Waals surface area contributed by atoms with Crippen LogP contribution in [0.25, 0.3) is 0 Å². The molecule has 0 spiro atoms. The molecule has 1 heterocycles. The number of carbonyl (C=O) groups is 2. The van der Waals surface area contributed by atoms with Crippen LogP contribution in [0.15, 0.2) is 18.2 Å². The maximum absolute atomic E-state index is 12.4. The smallest absolute Gasteiger partial charge is 0.223 e. The van der Waals surface area contributed by atoms with Crippen molar-refractivity contribution in [3.05, 3.63) is 29.3 Å². The molecule has 0 radical (unpaired) electrons. The van der Waals surface area contributed by atoms with Gasteiger partial charge in [0.2, 0.25) is 11.8 Å². The number of rotatable bonds is 6. The van der Waals surface area contributed by atoms with E-state index in [-0.39, 0.29) is 17.7 Å². The van der Waals surface area contributed by atoms with Gasteiger partial charge in [0.25, 0.3) is 0 Å². The Hall–Kier alpha value is -2.04. The van der Waals surface area contributed by atoms with E-state index in [1.807, 2.05) is 11.0 Å². The predicted molar refractivity (Wildman–Crippen MR) is 96.2 cm³/mol. The molecule has 1 aliphatic carbocycles. The van der Waals surface area contributed by atoms with Gasteiger partial charge in [-0.05, 0) is 50.2 Å². The van der Waals surface area contributed by atoms with Gasteiger partial charge in [0.15, 0.2) is 0 Å². The highest BCUT2D eigenvalue weighted by atomic mass is 16.5. The molecular weight excluding hydrogens is 316 g/mol. The summed E-state index contributed by atoms with van der Waals surface area (Å²) in [5, 5.41) is 3.05. The van der Waals surface area contributed by atoms with Gasteiger partial charge in [0, 0.05) is 38.0 Å². The molecule has 5 heteroatoms. The van der Waals surface area contributed by atoms with E-state index >= 15 is 0 Å². The van der Waals surface area contributed by atoms with Gasteiger partial charge >= 0.3 is 0 Å². The Morgan fingerprint density at radius 2 is 1.92 bits per heavy atom. The second-order valence-electron chi connectivity index (χ2n) is 7.36. The molecule has 1 saturated carbocycles. The highest BCUT2D eigenvalue weighted by Gasteiger charge is 2.26. The molecule has 1 aliphatic heterocycles. The first-order valence-corrected chi connectivity index (χ1v) is 9.28. The van der Waals surface area contributed by atoms with E-state index in [0.717, 1.165) is 36.3 Å². The summed E-state index contributed by atoms with van der Waals surface area (Å²) in [5.41, 5.74) is 2.19. The van der Waals surface area contributed by atoms with Gasteiger partial charge in [-0.3, -0.25) is 9.59 Å². The average Bonchev–Trinajstić information content (AvgIpc) is 3.43. The zero-order chi connectivity index (χ0) is 17.8. The number of nitrogens with zero attached hydrogens (tertiary/aromatic N) is 1. The fourth-order valence-electron chi connectivity index (χ4n) is 3.22. The van der Waals surface area contributed by atoms with Crippen molar-refractivity contribution in [1.82, 2.24) is 10.2 Å². The minimum absolute atomic E-state index is 0.00289. The summed E-state index contributed by atoms with van der Waals surface area (Å²) in [5.74, 6) is 1.76. The monoisotopic (exact) mass is 344 g/mol. The Bertz CT molecular complexity index is 632. The van der Waals surface area contributed by atoms with Crippen LogP contribution in [0, 0.1) is 18.8 Å². The number of piperidine rings is 1. The van der Waals surface area contributed by atoms with Crippen molar-refractivity contribution in [3.8, 4) is 5.75 Å². The normalized spacial score (nSPS) is 18.1. The molecule has 5 nitrogen and oxygen atoms in total. The number of likely N-dealkylation sites (tertiary alicyclic amines) is 1. The van der Waals surface area contributed by atoms with Crippen molar-refractivity contribution >= 4 is 11.8 Å². The van der Waals surface area contributed by atoms with E-state index in [2.05, 4.69) is 24.4 Å². The predicted octanol–water partition coefficient (Wildman–Crippen LogP) is 2.66. The quantitative estimate of drug-likeness (QED) is 0.863. The first kappa shape index (κ1) is 17.8. The molecule has 136 valence electrons. The number of amides is 2. The Morgan fingerprint density at radius 3 is 2.56 bits per heavy atom. The van der Waals surface area contributed by atoms with Gasteiger partial charge < -0.3 is 15.0 Å². The van der Waals surface area contributed by atoms with Crippen LogP contribution in [0.4, 0.5) is 0 Å². The molecule has 1 aromatic carbocycles. The lowest BCUT2D eigenvalue weighted by molar-refractivity contribution is -0.134. The summed E-state index contributed by atoms with van der Waals surface area (Å²) in [7, 11) is 0. The van der Waals surface area contributed by atoms with Gasteiger partial charge in [-0.2, -0.15) is 0 Å². The fourth-order valence-corrected chi connectivity index (χ4v) is 3.22. The number of hydrogen-bond donors (Lipinski definition) is 1. The maximum atomic E-state index is 12.4. The molecule has 2 aliphatic rings. The van der Waals surface area contributed by atoms with E-state index in [1.54, 1.807) is 6.92 Å². The van der Waals surface area contributed by atoms with Gasteiger partial charge in [-0.1, -0.05) is 12.1 Å². The minimum atomic E-state index is -0.00289. The molecule has 1 N–H and O–H groups in total. The molecule has 25 heavy (non-hydrogen) atoms. The van der Waals surface area contributed by atoms with Crippen molar-refractivity contribution in [3.63, 3.8) is 0 Å². The third-order valence-electron chi connectivity index (χ3n) is 5.16. The number of ether oxygens (including phenoxy) is 1. The summed E-state index contributed by atoms with van der Waals surface area (Å²) < 4.78 is 5.96. The van der Waals surface area contributed by atoms with Crippen LogP contribution in [-0.4, -0.2) is 36.4 Å². The summed E-state index contributed by atoms with van der Waals surface area (Å²) in [6, 6.07) is 6.14. The first-order valence-electron chi connectivity index (χ1n) is 9.28. The van der Waals surface area contributed by atoms with Gasteiger partial charge in [0.05, 0.1) is 6.61 Å². The van der Waals surface area contributed by atoms with Gasteiger partial charge in [0.1, 0.15) is 5.75 Å². The van der Waals surface area contributed by atoms with E-state index in [9.17, 15) is 9.59 Å². The van der Waals surface area contributed by atoms with E-state index < -0.39 is 0 Å². The Morgan fingerprint density at radius 1 is 1.20 bits per heavy atom. The topological polar surface area (TPSA) is 58.6 Å². The van der Waals surface area contributed by atoms with E-state index in [0.29, 0.717) is 25.6 Å². The zero-order valence-electron chi connectivity index (χ0n) is 15.2. The number of benzene rings is 1. The standard InChI is InChI=1S/C20H28N2O3/c1-14-3-6-18(19(11-14)25-13-16-4-5-16)12-21-20(24)17-7-9-22(10-8-17)15(2)23/h3,6,11,16-17H,4-5,7-10,12-13H2,1-2H3,(H,21,24). The van der Waals surface area contributed by atoms with Crippen LogP contribution in [0.1, 0.15) is 43.7 Å². The third-order valence-corrected chi connectivity index (χ3v) is 5.16. The largest absolute Gasteiger partial charge is 0.493 e. The van der Waals surface area contributed by atoms with Crippen LogP contribution in [-0.2, 0) is 16.1 Å². The van der Waals surface area contributed by atoms with Crippen molar-refractivity contribution in [2.45, 2.75) is 46.1 Å². The lowest BCUT2D eigenvalue weighted by atomic mass is 9.96.